The minimum absolute atomic E-state index is 0.0759. The van der Waals surface area contributed by atoms with Gasteiger partial charge in [-0.2, -0.15) is 0 Å². The Balaban J connectivity index is 1.91. The molecule has 0 spiro atoms. The molecular formula is C20H21NO5S. The van der Waals surface area contributed by atoms with Crippen molar-refractivity contribution in [2.45, 2.75) is 11.7 Å². The molecule has 0 saturated heterocycles. The fourth-order valence-electron chi connectivity index (χ4n) is 2.38. The summed E-state index contributed by atoms with van der Waals surface area (Å²) in [5.41, 5.74) is 2.11. The topological polar surface area (TPSA) is 81.7 Å². The number of thioether (sulfide) groups is 1. The lowest BCUT2D eigenvalue weighted by Crippen LogP contribution is -2.31. The molecule has 6 nitrogen and oxygen atoms in total. The third-order valence-electron chi connectivity index (χ3n) is 3.89. The van der Waals surface area contributed by atoms with Crippen molar-refractivity contribution < 1.29 is 23.9 Å². The fraction of sp³-hybridized carbons (Fsp3) is 0.250. The third kappa shape index (κ3) is 6.14. The molecular weight excluding hydrogens is 366 g/mol. The first-order valence-corrected chi connectivity index (χ1v) is 9.21. The molecule has 142 valence electrons. The lowest BCUT2D eigenvalue weighted by Gasteiger charge is -2.12. The third-order valence-corrected chi connectivity index (χ3v) is 4.71. The molecule has 2 rings (SSSR count). The van der Waals surface area contributed by atoms with Crippen LogP contribution < -0.4 is 14.8 Å². The van der Waals surface area contributed by atoms with Gasteiger partial charge >= 0.3 is 0 Å². The fourth-order valence-corrected chi connectivity index (χ4v) is 3.04. The quantitative estimate of drug-likeness (QED) is 0.498. The van der Waals surface area contributed by atoms with Gasteiger partial charge in [0.05, 0.1) is 12.4 Å². The van der Waals surface area contributed by atoms with E-state index in [9.17, 15) is 14.4 Å². The molecule has 1 atom stereocenters. The number of amides is 1. The molecule has 0 fully saturated rings. The maximum absolute atomic E-state index is 12.2. The maximum atomic E-state index is 12.2. The molecule has 7 heteroatoms. The molecule has 0 aliphatic rings. The van der Waals surface area contributed by atoms with Crippen molar-refractivity contribution in [2.75, 3.05) is 20.8 Å². The first-order valence-electron chi connectivity index (χ1n) is 8.27. The SMILES string of the molecule is CNC(=O)C(Cc1ccc(OCC(=O)c2ccc(OC)cc2)cc1)SC=O. The number of benzene rings is 2. The van der Waals surface area contributed by atoms with Crippen LogP contribution in [0.5, 0.6) is 11.5 Å². The molecule has 0 heterocycles. The summed E-state index contributed by atoms with van der Waals surface area (Å²) in [7, 11) is 3.11. The van der Waals surface area contributed by atoms with Gasteiger partial charge in [0, 0.05) is 12.6 Å². The Hall–Kier alpha value is -2.80. The number of methoxy groups -OCH3 is 1. The Morgan fingerprint density at radius 3 is 2.26 bits per heavy atom. The van der Waals surface area contributed by atoms with Crippen molar-refractivity contribution in [1.29, 1.82) is 0 Å². The van der Waals surface area contributed by atoms with E-state index in [-0.39, 0.29) is 18.3 Å². The Morgan fingerprint density at radius 2 is 1.70 bits per heavy atom. The number of rotatable bonds is 10. The highest BCUT2D eigenvalue weighted by Gasteiger charge is 2.18. The summed E-state index contributed by atoms with van der Waals surface area (Å²) < 4.78 is 10.6. The second-order valence-corrected chi connectivity index (χ2v) is 6.66. The summed E-state index contributed by atoms with van der Waals surface area (Å²) in [6.07, 6.45) is 0.425. The molecule has 1 unspecified atom stereocenters. The van der Waals surface area contributed by atoms with Crippen molar-refractivity contribution in [3.8, 4) is 11.5 Å². The van der Waals surface area contributed by atoms with E-state index in [0.717, 1.165) is 17.3 Å². The molecule has 1 amide bonds. The van der Waals surface area contributed by atoms with Gasteiger partial charge in [-0.15, -0.1) is 0 Å². The van der Waals surface area contributed by atoms with Gasteiger partial charge in [0.25, 0.3) is 0 Å². The Morgan fingerprint density at radius 1 is 1.07 bits per heavy atom. The Kier molecular flexibility index (Phi) is 7.88. The van der Waals surface area contributed by atoms with Gasteiger partial charge in [0.2, 0.25) is 5.91 Å². The predicted molar refractivity (Wildman–Crippen MR) is 105 cm³/mol. The number of ether oxygens (including phenoxy) is 2. The van der Waals surface area contributed by atoms with Crippen LogP contribution in [0.4, 0.5) is 0 Å². The number of ketones is 1. The number of Topliss-reactive ketones (excluding diaryl/α,β-unsaturated/α-hetero) is 1. The molecule has 0 aliphatic heterocycles. The number of hydrogen-bond donors (Lipinski definition) is 1. The summed E-state index contributed by atoms with van der Waals surface area (Å²) in [4.78, 5) is 34.6. The zero-order chi connectivity index (χ0) is 19.6. The van der Waals surface area contributed by atoms with Crippen LogP contribution in [0.2, 0.25) is 0 Å². The molecule has 0 saturated carbocycles. The maximum Gasteiger partial charge on any atom is 0.233 e. The summed E-state index contributed by atoms with van der Waals surface area (Å²) in [6.45, 7) is -0.0759. The average Bonchev–Trinajstić information content (AvgIpc) is 2.72. The zero-order valence-electron chi connectivity index (χ0n) is 15.1. The van der Waals surface area contributed by atoms with Crippen molar-refractivity contribution in [3.63, 3.8) is 0 Å². The summed E-state index contributed by atoms with van der Waals surface area (Å²) in [5, 5.41) is 2.07. The van der Waals surface area contributed by atoms with Crippen LogP contribution in [-0.2, 0) is 16.0 Å². The van der Waals surface area contributed by atoms with Gasteiger partial charge in [-0.1, -0.05) is 23.9 Å². The smallest absolute Gasteiger partial charge is 0.233 e. The lowest BCUT2D eigenvalue weighted by atomic mass is 10.1. The van der Waals surface area contributed by atoms with Gasteiger partial charge in [0.15, 0.2) is 18.0 Å². The van der Waals surface area contributed by atoms with Crippen molar-refractivity contribution in [2.24, 2.45) is 0 Å². The predicted octanol–water partition coefficient (Wildman–Crippen LogP) is 2.54. The lowest BCUT2D eigenvalue weighted by molar-refractivity contribution is -0.120. The Labute approximate surface area is 162 Å². The molecule has 0 radical (unpaired) electrons. The highest BCUT2D eigenvalue weighted by atomic mass is 32.2. The van der Waals surface area contributed by atoms with Gasteiger partial charge in [-0.25, -0.2) is 0 Å². The van der Waals surface area contributed by atoms with Gasteiger partial charge in [0.1, 0.15) is 11.5 Å². The van der Waals surface area contributed by atoms with E-state index in [1.165, 1.54) is 7.05 Å². The number of carbonyl (C=O) groups is 3. The summed E-state index contributed by atoms with van der Waals surface area (Å²) in [6, 6.07) is 13.9. The second-order valence-electron chi connectivity index (χ2n) is 5.62. The van der Waals surface area contributed by atoms with E-state index in [1.54, 1.807) is 43.5 Å². The van der Waals surface area contributed by atoms with Gasteiger partial charge in [-0.3, -0.25) is 14.4 Å². The molecule has 2 aromatic rings. The van der Waals surface area contributed by atoms with Crippen LogP contribution in [0.1, 0.15) is 15.9 Å². The number of carbonyl (C=O) groups excluding carboxylic acids is 3. The van der Waals surface area contributed by atoms with Crippen molar-refractivity contribution in [3.05, 3.63) is 59.7 Å². The van der Waals surface area contributed by atoms with E-state index >= 15 is 0 Å². The second kappa shape index (κ2) is 10.4. The standard InChI is InChI=1S/C20H21NO5S/c1-21-20(24)19(27-13-22)11-14-3-7-17(8-4-14)26-12-18(23)15-5-9-16(25-2)10-6-15/h3-10,13,19H,11-12H2,1-2H3,(H,21,24). The van der Waals surface area contributed by atoms with Crippen LogP contribution >= 0.6 is 11.8 Å². The highest BCUT2D eigenvalue weighted by molar-refractivity contribution is 8.13. The zero-order valence-corrected chi connectivity index (χ0v) is 16.0. The van der Waals surface area contributed by atoms with Crippen LogP contribution in [0, 0.1) is 0 Å². The molecule has 0 bridgehead atoms. The van der Waals surface area contributed by atoms with Crippen molar-refractivity contribution in [1.82, 2.24) is 5.32 Å². The van der Waals surface area contributed by atoms with E-state index in [1.807, 2.05) is 12.1 Å². The monoisotopic (exact) mass is 387 g/mol. The van der Waals surface area contributed by atoms with Crippen LogP contribution in [0.15, 0.2) is 48.5 Å². The minimum atomic E-state index is -0.476. The van der Waals surface area contributed by atoms with Gasteiger partial charge in [-0.05, 0) is 48.4 Å². The molecule has 0 aliphatic carbocycles. The van der Waals surface area contributed by atoms with E-state index in [0.29, 0.717) is 29.1 Å². The largest absolute Gasteiger partial charge is 0.497 e. The summed E-state index contributed by atoms with van der Waals surface area (Å²) >= 11 is 0.945. The average molecular weight is 387 g/mol. The van der Waals surface area contributed by atoms with Crippen LogP contribution in [0.3, 0.4) is 0 Å². The van der Waals surface area contributed by atoms with Crippen LogP contribution in [0.25, 0.3) is 0 Å². The molecule has 2 aromatic carbocycles. The van der Waals surface area contributed by atoms with E-state index in [4.69, 9.17) is 9.47 Å². The van der Waals surface area contributed by atoms with E-state index < -0.39 is 5.25 Å². The highest BCUT2D eigenvalue weighted by Crippen LogP contribution is 2.18. The number of hydrogen-bond acceptors (Lipinski definition) is 6. The number of nitrogens with one attached hydrogen (secondary N) is 1. The van der Waals surface area contributed by atoms with E-state index in [2.05, 4.69) is 5.32 Å². The molecule has 27 heavy (non-hydrogen) atoms. The van der Waals surface area contributed by atoms with Gasteiger partial charge < -0.3 is 14.8 Å². The normalized spacial score (nSPS) is 11.3. The first kappa shape index (κ1) is 20.5. The summed E-state index contributed by atoms with van der Waals surface area (Å²) in [5.74, 6) is 0.910. The van der Waals surface area contributed by atoms with Crippen molar-refractivity contribution >= 4 is 29.1 Å². The minimum Gasteiger partial charge on any atom is -0.497 e. The molecule has 1 N–H and O–H groups in total. The first-order chi connectivity index (χ1) is 13.1. The molecule has 0 aromatic heterocycles. The Bertz CT molecular complexity index is 774. The van der Waals surface area contributed by atoms with Crippen LogP contribution in [-0.4, -0.2) is 43.3 Å².